The van der Waals surface area contributed by atoms with Crippen molar-refractivity contribution in [3.8, 4) is 11.3 Å². The van der Waals surface area contributed by atoms with Crippen LogP contribution in [-0.4, -0.2) is 24.2 Å². The van der Waals surface area contributed by atoms with E-state index in [1.807, 2.05) is 18.7 Å². The molecule has 0 fully saturated rings. The lowest BCUT2D eigenvalue weighted by atomic mass is 9.84. The fourth-order valence-electron chi connectivity index (χ4n) is 4.05. The molecule has 0 saturated heterocycles. The number of aryl methyl sites for hydroxylation is 1. The smallest absolute Gasteiger partial charge is 0.138 e. The van der Waals surface area contributed by atoms with Crippen LogP contribution in [0, 0.1) is 5.92 Å². The molecule has 5 heteroatoms. The largest absolute Gasteiger partial charge is 0.385 e. The first-order chi connectivity index (χ1) is 10.8. The van der Waals surface area contributed by atoms with Gasteiger partial charge in [-0.25, -0.2) is 9.97 Å². The number of hydrogen-bond donors (Lipinski definition) is 1. The summed E-state index contributed by atoms with van der Waals surface area (Å²) in [6.45, 7) is 0.903. The third-order valence-electron chi connectivity index (χ3n) is 5.05. The van der Waals surface area contributed by atoms with Gasteiger partial charge in [-0.2, -0.15) is 0 Å². The fraction of sp³-hybridized carbons (Fsp3) is 0.294. The zero-order chi connectivity index (χ0) is 14.7. The van der Waals surface area contributed by atoms with Crippen LogP contribution in [0.5, 0.6) is 0 Å². The summed E-state index contributed by atoms with van der Waals surface area (Å²) >= 11 is 0. The number of aliphatic hydroxyl groups is 1. The van der Waals surface area contributed by atoms with Crippen molar-refractivity contribution >= 4 is 0 Å². The summed E-state index contributed by atoms with van der Waals surface area (Å²) in [5.41, 5.74) is 3.65. The van der Waals surface area contributed by atoms with Crippen LogP contribution in [0.25, 0.3) is 11.3 Å². The maximum Gasteiger partial charge on any atom is 0.138 e. The predicted octanol–water partition coefficient (Wildman–Crippen LogP) is 2.40. The highest BCUT2D eigenvalue weighted by molar-refractivity contribution is 5.69. The van der Waals surface area contributed by atoms with Crippen LogP contribution in [-0.2, 0) is 6.54 Å². The van der Waals surface area contributed by atoms with E-state index in [1.165, 1.54) is 11.1 Å². The Labute approximate surface area is 127 Å². The number of hydrogen-bond acceptors (Lipinski definition) is 3. The number of nitrogens with zero attached hydrogens (tertiary/aromatic N) is 4. The molecular formula is C17H16N4O. The van der Waals surface area contributed by atoms with Crippen molar-refractivity contribution < 1.29 is 5.11 Å². The van der Waals surface area contributed by atoms with Gasteiger partial charge < -0.3 is 14.2 Å². The third kappa shape index (κ3) is 1.46. The van der Waals surface area contributed by atoms with E-state index in [-0.39, 0.29) is 12.0 Å². The molecule has 0 radical (unpaired) electrons. The lowest BCUT2D eigenvalue weighted by Gasteiger charge is -2.34. The molecule has 0 unspecified atom stereocenters. The molecule has 2 aliphatic heterocycles. The Morgan fingerprint density at radius 3 is 3.09 bits per heavy atom. The molecule has 4 heterocycles. The zero-order valence-electron chi connectivity index (χ0n) is 12.0. The van der Waals surface area contributed by atoms with Gasteiger partial charge in [0.25, 0.3) is 0 Å². The molecular weight excluding hydrogens is 276 g/mol. The molecule has 2 aromatic heterocycles. The molecule has 0 saturated carbocycles. The lowest BCUT2D eigenvalue weighted by molar-refractivity contribution is 0.0514. The minimum atomic E-state index is -0.546. The first-order valence-corrected chi connectivity index (χ1v) is 7.65. The Balaban J connectivity index is 1.65. The van der Waals surface area contributed by atoms with Gasteiger partial charge in [-0.15, -0.1) is 0 Å². The molecule has 0 aliphatic carbocycles. The van der Waals surface area contributed by atoms with E-state index < -0.39 is 6.10 Å². The Morgan fingerprint density at radius 2 is 2.14 bits per heavy atom. The molecule has 1 N–H and O–H groups in total. The summed E-state index contributed by atoms with van der Waals surface area (Å²) in [7, 11) is 0. The molecule has 5 rings (SSSR count). The Kier molecular flexibility index (Phi) is 2.38. The van der Waals surface area contributed by atoms with E-state index in [2.05, 4.69) is 43.4 Å². The van der Waals surface area contributed by atoms with Crippen molar-refractivity contribution in [3.05, 3.63) is 60.6 Å². The average molecular weight is 292 g/mol. The second-order valence-corrected chi connectivity index (χ2v) is 6.09. The van der Waals surface area contributed by atoms with Gasteiger partial charge in [0.05, 0.1) is 24.3 Å². The van der Waals surface area contributed by atoms with Crippen molar-refractivity contribution in [2.24, 2.45) is 5.92 Å². The van der Waals surface area contributed by atoms with Crippen molar-refractivity contribution in [3.63, 3.8) is 0 Å². The van der Waals surface area contributed by atoms with Crippen molar-refractivity contribution in [1.29, 1.82) is 0 Å². The van der Waals surface area contributed by atoms with Crippen molar-refractivity contribution in [2.45, 2.75) is 25.1 Å². The van der Waals surface area contributed by atoms with Crippen LogP contribution in [0.1, 0.15) is 30.0 Å². The molecule has 0 amide bonds. The lowest BCUT2D eigenvalue weighted by Crippen LogP contribution is -2.31. The van der Waals surface area contributed by atoms with Gasteiger partial charge >= 0.3 is 0 Å². The van der Waals surface area contributed by atoms with Gasteiger partial charge in [0.15, 0.2) is 0 Å². The van der Waals surface area contributed by atoms with Crippen molar-refractivity contribution in [1.82, 2.24) is 19.1 Å². The standard InChI is InChI=1S/C17H16N4O/c22-16-13(5-7-20-8-6-19-17(16)20)15-12-4-2-1-3-11(12)14-9-18-10-21(14)15/h1-4,6,8-10,13,15-16,22H,5,7H2/t13-,15+,16+/m1/s1. The highest BCUT2D eigenvalue weighted by Gasteiger charge is 2.41. The van der Waals surface area contributed by atoms with Crippen LogP contribution >= 0.6 is 0 Å². The van der Waals surface area contributed by atoms with E-state index in [9.17, 15) is 5.11 Å². The van der Waals surface area contributed by atoms with Gasteiger partial charge in [-0.1, -0.05) is 24.3 Å². The Hall–Kier alpha value is -2.40. The van der Waals surface area contributed by atoms with E-state index in [0.29, 0.717) is 0 Å². The second-order valence-electron chi connectivity index (χ2n) is 6.09. The molecule has 0 bridgehead atoms. The molecule has 110 valence electrons. The summed E-state index contributed by atoms with van der Waals surface area (Å²) < 4.78 is 4.26. The Morgan fingerprint density at radius 1 is 1.23 bits per heavy atom. The molecule has 2 aliphatic rings. The predicted molar refractivity (Wildman–Crippen MR) is 81.1 cm³/mol. The maximum atomic E-state index is 10.8. The topological polar surface area (TPSA) is 55.9 Å². The quantitative estimate of drug-likeness (QED) is 0.749. The van der Waals surface area contributed by atoms with Crippen LogP contribution < -0.4 is 0 Å². The summed E-state index contributed by atoms with van der Waals surface area (Å²) in [6.07, 6.45) is 7.89. The first kappa shape index (κ1) is 12.2. The second kappa shape index (κ2) is 4.30. The molecule has 22 heavy (non-hydrogen) atoms. The van der Waals surface area contributed by atoms with E-state index in [1.54, 1.807) is 6.20 Å². The molecule has 5 nitrogen and oxygen atoms in total. The average Bonchev–Trinajstić information content (AvgIpc) is 3.23. The number of aliphatic hydroxyl groups excluding tert-OH is 1. The molecule has 3 aromatic rings. The summed E-state index contributed by atoms with van der Waals surface area (Å²) in [5.74, 6) is 0.897. The highest BCUT2D eigenvalue weighted by Crippen LogP contribution is 2.48. The monoisotopic (exact) mass is 292 g/mol. The summed E-state index contributed by atoms with van der Waals surface area (Å²) in [4.78, 5) is 8.65. The van der Waals surface area contributed by atoms with E-state index in [0.717, 1.165) is 24.5 Å². The van der Waals surface area contributed by atoms with Gasteiger partial charge in [-0.05, 0) is 12.0 Å². The molecule has 0 spiro atoms. The summed E-state index contributed by atoms with van der Waals surface area (Å²) in [5, 5.41) is 10.8. The van der Waals surface area contributed by atoms with Gasteiger partial charge in [0, 0.05) is 30.4 Å². The van der Waals surface area contributed by atoms with E-state index in [4.69, 9.17) is 0 Å². The van der Waals surface area contributed by atoms with Gasteiger partial charge in [0.1, 0.15) is 11.9 Å². The zero-order valence-corrected chi connectivity index (χ0v) is 12.0. The number of aromatic nitrogens is 4. The van der Waals surface area contributed by atoms with Crippen LogP contribution in [0.4, 0.5) is 0 Å². The minimum absolute atomic E-state index is 0.117. The van der Waals surface area contributed by atoms with Gasteiger partial charge in [-0.3, -0.25) is 0 Å². The molecule has 3 atom stereocenters. The number of rotatable bonds is 1. The maximum absolute atomic E-state index is 10.8. The molecule has 1 aromatic carbocycles. The number of fused-ring (bicyclic) bond motifs is 4. The van der Waals surface area contributed by atoms with Crippen LogP contribution in [0.15, 0.2) is 49.2 Å². The third-order valence-corrected chi connectivity index (χ3v) is 5.05. The first-order valence-electron chi connectivity index (χ1n) is 7.65. The van der Waals surface area contributed by atoms with Crippen molar-refractivity contribution in [2.75, 3.05) is 0 Å². The Bertz CT molecular complexity index is 850. The number of benzene rings is 1. The van der Waals surface area contributed by atoms with Gasteiger partial charge in [0.2, 0.25) is 0 Å². The highest BCUT2D eigenvalue weighted by atomic mass is 16.3. The van der Waals surface area contributed by atoms with Crippen LogP contribution in [0.3, 0.4) is 0 Å². The fourth-order valence-corrected chi connectivity index (χ4v) is 4.05. The van der Waals surface area contributed by atoms with Crippen LogP contribution in [0.2, 0.25) is 0 Å². The summed E-state index contributed by atoms with van der Waals surface area (Å²) in [6, 6.07) is 8.57. The minimum Gasteiger partial charge on any atom is -0.385 e. The number of imidazole rings is 2. The normalized spacial score (nSPS) is 25.6. The van der Waals surface area contributed by atoms with E-state index >= 15 is 0 Å². The SMILES string of the molecule is O[C@@H]1c2nccn2CC[C@@H]1[C@@H]1c2ccccc2-c2cncn21.